The van der Waals surface area contributed by atoms with Crippen LogP contribution in [0.3, 0.4) is 0 Å². The van der Waals surface area contributed by atoms with Crippen molar-refractivity contribution in [3.8, 4) is 0 Å². The highest BCUT2D eigenvalue weighted by Gasteiger charge is 1.86. The summed E-state index contributed by atoms with van der Waals surface area (Å²) in [6, 6.07) is 0. The van der Waals surface area contributed by atoms with Gasteiger partial charge in [-0.25, -0.2) is 4.79 Å². The maximum Gasteiger partial charge on any atom is 0.328 e. The molecule has 0 aromatic rings. The molecule has 0 aliphatic carbocycles. The molecular formula is C28H32O3. The number of carboxylic acids is 1. The lowest BCUT2D eigenvalue weighted by molar-refractivity contribution is -0.131. The Morgan fingerprint density at radius 3 is 1.06 bits per heavy atom. The normalized spacial score (nSPS) is 15.4. The first-order chi connectivity index (χ1) is 15.1. The van der Waals surface area contributed by atoms with Crippen molar-refractivity contribution in [3.05, 3.63) is 146 Å². The minimum Gasteiger partial charge on any atom is -0.478 e. The second-order valence-corrected chi connectivity index (χ2v) is 6.06. The molecule has 0 saturated carbocycles. The van der Waals surface area contributed by atoms with Gasteiger partial charge in [-0.15, -0.1) is 0 Å². The van der Waals surface area contributed by atoms with Gasteiger partial charge in [-0.1, -0.05) is 140 Å². The summed E-state index contributed by atoms with van der Waals surface area (Å²) in [5.74, 6) is -0.957. The third-order valence-electron chi connectivity index (χ3n) is 3.19. The van der Waals surface area contributed by atoms with Crippen LogP contribution >= 0.6 is 0 Å². The molecule has 3 heteroatoms. The third kappa shape index (κ3) is 26.3. The van der Waals surface area contributed by atoms with E-state index in [1.807, 2.05) is 122 Å². The molecule has 0 aromatic heterocycles. The van der Waals surface area contributed by atoms with Crippen molar-refractivity contribution in [3.63, 3.8) is 0 Å². The summed E-state index contributed by atoms with van der Waals surface area (Å²) in [5, 5.41) is 17.5. The second-order valence-electron chi connectivity index (χ2n) is 6.06. The van der Waals surface area contributed by atoms with Crippen molar-refractivity contribution >= 4 is 5.97 Å². The zero-order valence-electron chi connectivity index (χ0n) is 17.9. The van der Waals surface area contributed by atoms with Crippen molar-refractivity contribution in [2.24, 2.45) is 0 Å². The van der Waals surface area contributed by atoms with E-state index in [1.54, 1.807) is 19.1 Å². The molecule has 0 aliphatic heterocycles. The third-order valence-corrected chi connectivity index (χ3v) is 3.19. The molecule has 1 atom stereocenters. The summed E-state index contributed by atoms with van der Waals surface area (Å²) >= 11 is 0. The molecule has 0 radical (unpaired) electrons. The van der Waals surface area contributed by atoms with Crippen molar-refractivity contribution in [1.82, 2.24) is 0 Å². The minimum absolute atomic E-state index is 0.293. The number of aliphatic hydroxyl groups excluding tert-OH is 1. The van der Waals surface area contributed by atoms with Crippen LogP contribution in [0.15, 0.2) is 146 Å². The van der Waals surface area contributed by atoms with Crippen LogP contribution in [0.2, 0.25) is 0 Å². The minimum atomic E-state index is -0.957. The van der Waals surface area contributed by atoms with Crippen LogP contribution in [0.5, 0.6) is 0 Å². The van der Waals surface area contributed by atoms with Gasteiger partial charge < -0.3 is 10.2 Å². The van der Waals surface area contributed by atoms with Crippen molar-refractivity contribution in [2.75, 3.05) is 0 Å². The van der Waals surface area contributed by atoms with Gasteiger partial charge in [-0.05, 0) is 13.3 Å². The molecular weight excluding hydrogens is 384 g/mol. The lowest BCUT2D eigenvalue weighted by atomic mass is 10.2. The highest BCUT2D eigenvalue weighted by molar-refractivity contribution is 5.80. The summed E-state index contributed by atoms with van der Waals surface area (Å²) in [7, 11) is 0. The Morgan fingerprint density at radius 2 is 0.806 bits per heavy atom. The predicted octanol–water partition coefficient (Wildman–Crippen LogP) is 6.52. The average molecular weight is 417 g/mol. The Morgan fingerprint density at radius 1 is 0.548 bits per heavy atom. The van der Waals surface area contributed by atoms with Gasteiger partial charge in [0.15, 0.2) is 0 Å². The van der Waals surface area contributed by atoms with E-state index >= 15 is 0 Å². The molecule has 1 unspecified atom stereocenters. The highest BCUT2D eigenvalue weighted by Crippen LogP contribution is 1.91. The Kier molecular flexibility index (Phi) is 19.9. The van der Waals surface area contributed by atoms with Crippen LogP contribution in [-0.2, 0) is 4.79 Å². The van der Waals surface area contributed by atoms with Crippen LogP contribution in [0.4, 0.5) is 0 Å². The molecule has 0 spiro atoms. The Labute approximate surface area is 186 Å². The standard InChI is InChI=1S/C28H32O3/c1-27(29)25-23-21-19-17-15-13-11-9-7-5-3-2-4-6-8-10-12-14-16-18-20-22-24-26-28(30)31/h2-24,26-27,29H,25H2,1H3,(H,30,31). The zero-order valence-corrected chi connectivity index (χ0v) is 17.9. The Bertz CT molecular complexity index is 818. The van der Waals surface area contributed by atoms with Gasteiger partial charge in [0.2, 0.25) is 0 Å². The van der Waals surface area contributed by atoms with E-state index in [2.05, 4.69) is 0 Å². The van der Waals surface area contributed by atoms with Crippen LogP contribution in [-0.4, -0.2) is 22.3 Å². The maximum absolute atomic E-state index is 10.3. The van der Waals surface area contributed by atoms with E-state index in [1.165, 1.54) is 6.08 Å². The van der Waals surface area contributed by atoms with E-state index in [9.17, 15) is 4.79 Å². The summed E-state index contributed by atoms with van der Waals surface area (Å²) in [6.45, 7) is 1.77. The van der Waals surface area contributed by atoms with E-state index in [0.717, 1.165) is 6.08 Å². The Balaban J connectivity index is 3.96. The summed E-state index contributed by atoms with van der Waals surface area (Å²) in [6.07, 6.45) is 44.9. The summed E-state index contributed by atoms with van der Waals surface area (Å²) < 4.78 is 0. The van der Waals surface area contributed by atoms with Crippen LogP contribution in [0.25, 0.3) is 0 Å². The van der Waals surface area contributed by atoms with Gasteiger partial charge in [0.25, 0.3) is 0 Å². The molecule has 2 N–H and O–H groups in total. The molecule has 31 heavy (non-hydrogen) atoms. The number of hydrogen-bond donors (Lipinski definition) is 2. The number of rotatable bonds is 14. The first-order valence-electron chi connectivity index (χ1n) is 10.0. The van der Waals surface area contributed by atoms with Crippen LogP contribution in [0, 0.1) is 0 Å². The lowest BCUT2D eigenvalue weighted by Gasteiger charge is -1.93. The lowest BCUT2D eigenvalue weighted by Crippen LogP contribution is -1.94. The molecule has 0 bridgehead atoms. The quantitative estimate of drug-likeness (QED) is 0.250. The van der Waals surface area contributed by atoms with Gasteiger partial charge >= 0.3 is 5.97 Å². The van der Waals surface area contributed by atoms with Crippen molar-refractivity contribution in [1.29, 1.82) is 0 Å². The largest absolute Gasteiger partial charge is 0.478 e. The summed E-state index contributed by atoms with van der Waals surface area (Å²) in [5.41, 5.74) is 0. The molecule has 0 fully saturated rings. The molecule has 0 rings (SSSR count). The fourth-order valence-electron chi connectivity index (χ4n) is 1.77. The average Bonchev–Trinajstić information content (AvgIpc) is 2.73. The number of allylic oxidation sites excluding steroid dienone is 22. The van der Waals surface area contributed by atoms with E-state index in [0.29, 0.717) is 6.42 Å². The first-order valence-corrected chi connectivity index (χ1v) is 10.0. The maximum atomic E-state index is 10.3. The topological polar surface area (TPSA) is 57.5 Å². The highest BCUT2D eigenvalue weighted by atomic mass is 16.4. The number of aliphatic carboxylic acids is 1. The molecule has 0 heterocycles. The fraction of sp³-hybridized carbons (Fsp3) is 0.107. The van der Waals surface area contributed by atoms with E-state index < -0.39 is 5.97 Å². The van der Waals surface area contributed by atoms with Crippen molar-refractivity contribution < 1.29 is 15.0 Å². The Hall–Kier alpha value is -3.69. The second kappa shape index (κ2) is 22.6. The number of carbonyl (C=O) groups is 1. The van der Waals surface area contributed by atoms with Gasteiger partial charge in [0, 0.05) is 6.08 Å². The van der Waals surface area contributed by atoms with Crippen molar-refractivity contribution in [2.45, 2.75) is 19.4 Å². The molecule has 0 aromatic carbocycles. The van der Waals surface area contributed by atoms with Gasteiger partial charge in [-0.3, -0.25) is 0 Å². The number of hydrogen-bond acceptors (Lipinski definition) is 2. The smallest absolute Gasteiger partial charge is 0.328 e. The predicted molar refractivity (Wildman–Crippen MR) is 134 cm³/mol. The number of carboxylic acid groups (broad SMARTS) is 1. The van der Waals surface area contributed by atoms with E-state index in [-0.39, 0.29) is 6.10 Å². The van der Waals surface area contributed by atoms with Gasteiger partial charge in [-0.2, -0.15) is 0 Å². The summed E-state index contributed by atoms with van der Waals surface area (Å²) in [4.78, 5) is 10.3. The van der Waals surface area contributed by atoms with Gasteiger partial charge in [0.1, 0.15) is 0 Å². The zero-order chi connectivity index (χ0) is 22.8. The molecule has 3 nitrogen and oxygen atoms in total. The van der Waals surface area contributed by atoms with Crippen LogP contribution in [0.1, 0.15) is 13.3 Å². The first kappa shape index (κ1) is 27.3. The molecule has 0 aliphatic rings. The van der Waals surface area contributed by atoms with Gasteiger partial charge in [0.05, 0.1) is 6.10 Å². The monoisotopic (exact) mass is 416 g/mol. The molecule has 0 saturated heterocycles. The molecule has 0 amide bonds. The van der Waals surface area contributed by atoms with Crippen LogP contribution < -0.4 is 0 Å². The SMILES string of the molecule is CC(O)CC=CC=CC=CC=CC=CC=CC=CC=CC=CC=CC=CC=CC(=O)O. The molecule has 162 valence electrons. The van der Waals surface area contributed by atoms with E-state index in [4.69, 9.17) is 10.2 Å². The number of aliphatic hydroxyl groups is 1. The fourth-order valence-corrected chi connectivity index (χ4v) is 1.77.